The number of anilines is 1. The number of nitrogens with zero attached hydrogens (tertiary/aromatic N) is 1. The normalized spacial score (nSPS) is 12.1. The molecule has 5 nitrogen and oxygen atoms in total. The molecule has 1 rings (SSSR count). The quantitative estimate of drug-likeness (QED) is 0.576. The van der Waals surface area contributed by atoms with Gasteiger partial charge < -0.3 is 10.6 Å². The Morgan fingerprint density at radius 3 is 2.52 bits per heavy atom. The lowest BCUT2D eigenvalue weighted by Crippen LogP contribution is -2.42. The molecule has 0 saturated heterocycles. The van der Waals surface area contributed by atoms with Gasteiger partial charge in [-0.25, -0.2) is 0 Å². The highest BCUT2D eigenvalue weighted by molar-refractivity contribution is 9.10. The zero-order valence-electron chi connectivity index (χ0n) is 15.7. The molecule has 0 aliphatic carbocycles. The number of unbranched alkanes of at least 4 members (excludes halogenated alkanes) is 2. The Morgan fingerprint density at radius 2 is 1.88 bits per heavy atom. The maximum Gasteiger partial charge on any atom is 0.238 e. The van der Waals surface area contributed by atoms with Crippen LogP contribution in [0.4, 0.5) is 5.69 Å². The van der Waals surface area contributed by atoms with E-state index in [1.165, 1.54) is 12.8 Å². The summed E-state index contributed by atoms with van der Waals surface area (Å²) in [7, 11) is 1.77. The van der Waals surface area contributed by atoms with Crippen molar-refractivity contribution in [1.29, 1.82) is 0 Å². The molecule has 25 heavy (non-hydrogen) atoms. The zero-order chi connectivity index (χ0) is 18.8. The molecule has 2 amide bonds. The van der Waals surface area contributed by atoms with Crippen molar-refractivity contribution in [1.82, 2.24) is 10.2 Å². The van der Waals surface area contributed by atoms with E-state index in [1.54, 1.807) is 11.9 Å². The summed E-state index contributed by atoms with van der Waals surface area (Å²) in [6.07, 6.45) is 4.49. The molecule has 1 atom stereocenters. The number of carbonyl (C=O) groups is 2. The molecule has 0 fully saturated rings. The first-order valence-corrected chi connectivity index (χ1v) is 9.65. The van der Waals surface area contributed by atoms with E-state index in [9.17, 15) is 9.59 Å². The van der Waals surface area contributed by atoms with Crippen molar-refractivity contribution in [2.24, 2.45) is 0 Å². The van der Waals surface area contributed by atoms with Crippen molar-refractivity contribution in [3.8, 4) is 0 Å². The molecular formula is C19H30BrN3O2. The van der Waals surface area contributed by atoms with E-state index in [2.05, 4.69) is 33.5 Å². The van der Waals surface area contributed by atoms with Gasteiger partial charge in [-0.15, -0.1) is 0 Å². The third-order valence-electron chi connectivity index (χ3n) is 3.94. The number of rotatable bonds is 10. The minimum Gasteiger partial charge on any atom is -0.353 e. The molecule has 0 bridgehead atoms. The molecule has 0 heterocycles. The van der Waals surface area contributed by atoms with E-state index in [-0.39, 0.29) is 30.9 Å². The van der Waals surface area contributed by atoms with Crippen LogP contribution in [-0.2, 0) is 9.59 Å². The van der Waals surface area contributed by atoms with E-state index in [0.29, 0.717) is 0 Å². The van der Waals surface area contributed by atoms with Gasteiger partial charge in [0.15, 0.2) is 0 Å². The van der Waals surface area contributed by atoms with Crippen molar-refractivity contribution in [2.75, 3.05) is 25.5 Å². The number of likely N-dealkylation sites (N-methyl/N-ethyl adjacent to an activating group) is 1. The maximum atomic E-state index is 12.1. The SMILES string of the molecule is CCCCC[C@@H](C)NC(=O)CN(C)CC(=O)Nc1ccc(Br)cc1C. The molecule has 140 valence electrons. The monoisotopic (exact) mass is 411 g/mol. The molecule has 0 unspecified atom stereocenters. The van der Waals surface area contributed by atoms with Crippen LogP contribution in [0.2, 0.25) is 0 Å². The predicted molar refractivity (Wildman–Crippen MR) is 107 cm³/mol. The highest BCUT2D eigenvalue weighted by atomic mass is 79.9. The molecule has 0 radical (unpaired) electrons. The lowest BCUT2D eigenvalue weighted by atomic mass is 10.1. The van der Waals surface area contributed by atoms with Gasteiger partial charge in [0, 0.05) is 16.2 Å². The van der Waals surface area contributed by atoms with Crippen molar-refractivity contribution >= 4 is 33.4 Å². The molecule has 6 heteroatoms. The first kappa shape index (κ1) is 21.6. The summed E-state index contributed by atoms with van der Waals surface area (Å²) in [6, 6.07) is 5.88. The first-order chi connectivity index (χ1) is 11.8. The van der Waals surface area contributed by atoms with Crippen LogP contribution < -0.4 is 10.6 Å². The predicted octanol–water partition coefficient (Wildman–Crippen LogP) is 3.71. The van der Waals surface area contributed by atoms with Gasteiger partial charge in [-0.3, -0.25) is 14.5 Å². The second-order valence-corrected chi connectivity index (χ2v) is 7.56. The summed E-state index contributed by atoms with van der Waals surface area (Å²) < 4.78 is 0.977. The van der Waals surface area contributed by atoms with Gasteiger partial charge in [0.2, 0.25) is 11.8 Å². The zero-order valence-corrected chi connectivity index (χ0v) is 17.3. The molecule has 0 saturated carbocycles. The topological polar surface area (TPSA) is 61.4 Å². The average Bonchev–Trinajstić information content (AvgIpc) is 2.49. The van der Waals surface area contributed by atoms with Gasteiger partial charge in [0.1, 0.15) is 0 Å². The van der Waals surface area contributed by atoms with Crippen LogP contribution in [0.25, 0.3) is 0 Å². The number of hydrogen-bond acceptors (Lipinski definition) is 3. The van der Waals surface area contributed by atoms with E-state index in [4.69, 9.17) is 0 Å². The Kier molecular flexibility index (Phi) is 9.75. The molecular weight excluding hydrogens is 382 g/mol. The van der Waals surface area contributed by atoms with Gasteiger partial charge in [-0.05, 0) is 51.1 Å². The van der Waals surface area contributed by atoms with Gasteiger partial charge in [-0.1, -0.05) is 42.1 Å². The number of benzene rings is 1. The van der Waals surface area contributed by atoms with E-state index >= 15 is 0 Å². The van der Waals surface area contributed by atoms with Gasteiger partial charge in [-0.2, -0.15) is 0 Å². The van der Waals surface area contributed by atoms with Gasteiger partial charge in [0.25, 0.3) is 0 Å². The number of nitrogens with one attached hydrogen (secondary N) is 2. The highest BCUT2D eigenvalue weighted by Gasteiger charge is 2.13. The number of amides is 2. The van der Waals surface area contributed by atoms with Crippen molar-refractivity contribution in [3.63, 3.8) is 0 Å². The fourth-order valence-electron chi connectivity index (χ4n) is 2.60. The van der Waals surface area contributed by atoms with Crippen LogP contribution in [0.1, 0.15) is 45.1 Å². The molecule has 0 aliphatic rings. The van der Waals surface area contributed by atoms with Crippen LogP contribution in [0, 0.1) is 6.92 Å². The van der Waals surface area contributed by atoms with E-state index in [1.807, 2.05) is 32.0 Å². The summed E-state index contributed by atoms with van der Waals surface area (Å²) in [6.45, 7) is 6.52. The maximum absolute atomic E-state index is 12.1. The Morgan fingerprint density at radius 1 is 1.20 bits per heavy atom. The molecule has 0 aliphatic heterocycles. The number of aryl methyl sites for hydroxylation is 1. The Bertz CT molecular complexity index is 578. The summed E-state index contributed by atoms with van der Waals surface area (Å²) in [5.41, 5.74) is 1.78. The third kappa shape index (κ3) is 9.02. The van der Waals surface area contributed by atoms with Crippen molar-refractivity contribution < 1.29 is 9.59 Å². The minimum atomic E-state index is -0.128. The second-order valence-electron chi connectivity index (χ2n) is 6.64. The van der Waals surface area contributed by atoms with Crippen LogP contribution in [0.15, 0.2) is 22.7 Å². The lowest BCUT2D eigenvalue weighted by molar-refractivity contribution is -0.123. The summed E-state index contributed by atoms with van der Waals surface area (Å²) in [4.78, 5) is 25.9. The van der Waals surface area contributed by atoms with Crippen LogP contribution >= 0.6 is 15.9 Å². The Hall–Kier alpha value is -1.40. The summed E-state index contributed by atoms with van der Waals surface area (Å²) in [5, 5.41) is 5.87. The molecule has 2 N–H and O–H groups in total. The fourth-order valence-corrected chi connectivity index (χ4v) is 3.07. The van der Waals surface area contributed by atoms with Crippen molar-refractivity contribution in [2.45, 2.75) is 52.5 Å². The largest absolute Gasteiger partial charge is 0.353 e. The Balaban J connectivity index is 2.36. The van der Waals surface area contributed by atoms with Crippen LogP contribution in [0.3, 0.4) is 0 Å². The van der Waals surface area contributed by atoms with E-state index in [0.717, 1.165) is 28.6 Å². The third-order valence-corrected chi connectivity index (χ3v) is 4.43. The average molecular weight is 412 g/mol. The van der Waals surface area contributed by atoms with Crippen LogP contribution in [0.5, 0.6) is 0 Å². The van der Waals surface area contributed by atoms with Crippen LogP contribution in [-0.4, -0.2) is 42.9 Å². The van der Waals surface area contributed by atoms with E-state index < -0.39 is 0 Å². The van der Waals surface area contributed by atoms with Gasteiger partial charge >= 0.3 is 0 Å². The lowest BCUT2D eigenvalue weighted by Gasteiger charge is -2.19. The fraction of sp³-hybridized carbons (Fsp3) is 0.579. The summed E-state index contributed by atoms with van der Waals surface area (Å²) in [5.74, 6) is -0.171. The van der Waals surface area contributed by atoms with Crippen molar-refractivity contribution in [3.05, 3.63) is 28.2 Å². The molecule has 1 aromatic carbocycles. The molecule has 0 aromatic heterocycles. The summed E-state index contributed by atoms with van der Waals surface area (Å²) >= 11 is 3.40. The second kappa shape index (κ2) is 11.3. The standard InChI is InChI=1S/C19H30BrN3O2/c1-5-6-7-8-15(3)21-18(24)12-23(4)13-19(25)22-17-10-9-16(20)11-14(17)2/h9-11,15H,5-8,12-13H2,1-4H3,(H,21,24)(H,22,25)/t15-/m1/s1. The first-order valence-electron chi connectivity index (χ1n) is 8.85. The molecule has 0 spiro atoms. The number of carbonyl (C=O) groups excluding carboxylic acids is 2. The highest BCUT2D eigenvalue weighted by Crippen LogP contribution is 2.19. The number of halogens is 1. The minimum absolute atomic E-state index is 0.0425. The molecule has 1 aromatic rings. The smallest absolute Gasteiger partial charge is 0.238 e. The number of hydrogen-bond donors (Lipinski definition) is 2. The van der Waals surface area contributed by atoms with Gasteiger partial charge in [0.05, 0.1) is 13.1 Å². The Labute approximate surface area is 159 Å².